The fourth-order valence-corrected chi connectivity index (χ4v) is 2.26. The van der Waals surface area contributed by atoms with Crippen LogP contribution in [0.1, 0.15) is 0 Å². The molecule has 2 aromatic heterocycles. The van der Waals surface area contributed by atoms with E-state index in [1.165, 1.54) is 0 Å². The zero-order chi connectivity index (χ0) is 14.1. The summed E-state index contributed by atoms with van der Waals surface area (Å²) in [7, 11) is 0. The molecule has 1 aromatic carbocycles. The molecule has 0 bridgehead atoms. The topological polar surface area (TPSA) is 56.7 Å². The van der Waals surface area contributed by atoms with E-state index in [0.29, 0.717) is 15.9 Å². The molecule has 0 saturated heterocycles. The van der Waals surface area contributed by atoms with Crippen LogP contribution < -0.4 is 5.73 Å². The molecule has 3 rings (SSSR count). The van der Waals surface area contributed by atoms with E-state index < -0.39 is 0 Å². The molecule has 0 unspecified atom stereocenters. The largest absolute Gasteiger partial charge is 0.383 e. The van der Waals surface area contributed by atoms with Crippen molar-refractivity contribution < 1.29 is 0 Å². The number of aromatic nitrogens is 3. The SMILES string of the molecule is Nc1ncccc1-c1cncn1-c1ccc(Cl)c(Cl)c1. The molecule has 0 spiro atoms. The first-order valence-corrected chi connectivity index (χ1v) is 6.61. The Labute approximate surface area is 125 Å². The van der Waals surface area contributed by atoms with Gasteiger partial charge >= 0.3 is 0 Å². The number of pyridine rings is 1. The number of imidazole rings is 1. The molecule has 0 aliphatic heterocycles. The van der Waals surface area contributed by atoms with E-state index in [1.54, 1.807) is 30.9 Å². The summed E-state index contributed by atoms with van der Waals surface area (Å²) in [4.78, 5) is 8.26. The Bertz CT molecular complexity index is 767. The predicted molar refractivity (Wildman–Crippen MR) is 81.2 cm³/mol. The number of anilines is 1. The second-order valence-corrected chi connectivity index (χ2v) is 5.00. The molecule has 2 heterocycles. The number of hydrogen-bond acceptors (Lipinski definition) is 3. The molecule has 0 aliphatic carbocycles. The molecule has 20 heavy (non-hydrogen) atoms. The maximum Gasteiger partial charge on any atom is 0.132 e. The van der Waals surface area contributed by atoms with E-state index in [4.69, 9.17) is 28.9 Å². The third-order valence-electron chi connectivity index (χ3n) is 2.93. The summed E-state index contributed by atoms with van der Waals surface area (Å²) in [6.07, 6.45) is 5.08. The Morgan fingerprint density at radius 3 is 2.70 bits per heavy atom. The summed E-state index contributed by atoms with van der Waals surface area (Å²) in [5, 5.41) is 1.00. The number of nitrogens with zero attached hydrogens (tertiary/aromatic N) is 3. The zero-order valence-electron chi connectivity index (χ0n) is 10.3. The number of rotatable bonds is 2. The van der Waals surface area contributed by atoms with Gasteiger partial charge in [0.25, 0.3) is 0 Å². The molecular formula is C14H10Cl2N4. The monoisotopic (exact) mass is 304 g/mol. The lowest BCUT2D eigenvalue weighted by atomic mass is 10.2. The van der Waals surface area contributed by atoms with Crippen LogP contribution >= 0.6 is 23.2 Å². The van der Waals surface area contributed by atoms with E-state index in [2.05, 4.69) is 9.97 Å². The second kappa shape index (κ2) is 5.15. The van der Waals surface area contributed by atoms with E-state index in [0.717, 1.165) is 16.9 Å². The third-order valence-corrected chi connectivity index (χ3v) is 3.67. The highest BCUT2D eigenvalue weighted by molar-refractivity contribution is 6.42. The molecule has 0 fully saturated rings. The van der Waals surface area contributed by atoms with Crippen LogP contribution in [-0.2, 0) is 0 Å². The van der Waals surface area contributed by atoms with Gasteiger partial charge in [0.1, 0.15) is 5.82 Å². The van der Waals surface area contributed by atoms with Gasteiger partial charge in [0.2, 0.25) is 0 Å². The standard InChI is InChI=1S/C14H10Cl2N4/c15-11-4-3-9(6-12(11)16)20-8-18-7-13(20)10-2-1-5-19-14(10)17/h1-8H,(H2,17,19). The number of halogens is 2. The van der Waals surface area contributed by atoms with Gasteiger partial charge in [-0.3, -0.25) is 4.57 Å². The summed E-state index contributed by atoms with van der Waals surface area (Å²) < 4.78 is 1.88. The van der Waals surface area contributed by atoms with Crippen LogP contribution in [0.3, 0.4) is 0 Å². The van der Waals surface area contributed by atoms with Crippen LogP contribution in [0.4, 0.5) is 5.82 Å². The Hall–Kier alpha value is -2.04. The molecule has 0 saturated carbocycles. The van der Waals surface area contributed by atoms with Gasteiger partial charge in [-0.2, -0.15) is 0 Å². The fourth-order valence-electron chi connectivity index (χ4n) is 1.97. The number of nitrogen functional groups attached to an aromatic ring is 1. The molecular weight excluding hydrogens is 295 g/mol. The van der Waals surface area contributed by atoms with Gasteiger partial charge in [0, 0.05) is 17.4 Å². The minimum absolute atomic E-state index is 0.453. The second-order valence-electron chi connectivity index (χ2n) is 4.18. The molecule has 0 amide bonds. The van der Waals surface area contributed by atoms with Gasteiger partial charge in [-0.1, -0.05) is 23.2 Å². The Balaban J connectivity index is 2.15. The van der Waals surface area contributed by atoms with Crippen LogP contribution in [0.25, 0.3) is 16.9 Å². The number of benzene rings is 1. The van der Waals surface area contributed by atoms with Crippen molar-refractivity contribution in [3.8, 4) is 16.9 Å². The maximum absolute atomic E-state index is 6.06. The van der Waals surface area contributed by atoms with Gasteiger partial charge in [0.05, 0.1) is 28.3 Å². The zero-order valence-corrected chi connectivity index (χ0v) is 11.8. The first kappa shape index (κ1) is 13.0. The van der Waals surface area contributed by atoms with E-state index in [-0.39, 0.29) is 0 Å². The van der Waals surface area contributed by atoms with Crippen molar-refractivity contribution in [3.05, 3.63) is 59.1 Å². The van der Waals surface area contributed by atoms with Crippen LogP contribution in [0, 0.1) is 0 Å². The molecule has 0 radical (unpaired) electrons. The van der Waals surface area contributed by atoms with Crippen molar-refractivity contribution in [2.75, 3.05) is 5.73 Å². The van der Waals surface area contributed by atoms with Crippen molar-refractivity contribution in [2.24, 2.45) is 0 Å². The van der Waals surface area contributed by atoms with Crippen LogP contribution in [0.15, 0.2) is 49.1 Å². The van der Waals surface area contributed by atoms with Crippen molar-refractivity contribution in [1.82, 2.24) is 14.5 Å². The third kappa shape index (κ3) is 2.24. The fraction of sp³-hybridized carbons (Fsp3) is 0. The van der Waals surface area contributed by atoms with Gasteiger partial charge in [0.15, 0.2) is 0 Å². The molecule has 2 N–H and O–H groups in total. The quantitative estimate of drug-likeness (QED) is 0.783. The molecule has 6 heteroatoms. The normalized spacial score (nSPS) is 10.7. The first-order valence-electron chi connectivity index (χ1n) is 5.85. The summed E-state index contributed by atoms with van der Waals surface area (Å²) in [5.41, 5.74) is 8.43. The Morgan fingerprint density at radius 2 is 1.95 bits per heavy atom. The summed E-state index contributed by atoms with van der Waals surface area (Å²) in [6.45, 7) is 0. The summed E-state index contributed by atoms with van der Waals surface area (Å²) in [5.74, 6) is 0.453. The van der Waals surface area contributed by atoms with Crippen LogP contribution in [-0.4, -0.2) is 14.5 Å². The van der Waals surface area contributed by atoms with Gasteiger partial charge in [-0.15, -0.1) is 0 Å². The van der Waals surface area contributed by atoms with Crippen LogP contribution in [0.2, 0.25) is 10.0 Å². The van der Waals surface area contributed by atoms with Gasteiger partial charge < -0.3 is 5.73 Å². The highest BCUT2D eigenvalue weighted by Crippen LogP contribution is 2.29. The average molecular weight is 305 g/mol. The lowest BCUT2D eigenvalue weighted by molar-refractivity contribution is 1.06. The van der Waals surface area contributed by atoms with E-state index >= 15 is 0 Å². The Morgan fingerprint density at radius 1 is 1.10 bits per heavy atom. The number of nitrogens with two attached hydrogens (primary N) is 1. The minimum atomic E-state index is 0.453. The lowest BCUT2D eigenvalue weighted by Gasteiger charge is -2.10. The van der Waals surface area contributed by atoms with Crippen molar-refractivity contribution in [1.29, 1.82) is 0 Å². The van der Waals surface area contributed by atoms with Gasteiger partial charge in [-0.25, -0.2) is 9.97 Å². The highest BCUT2D eigenvalue weighted by Gasteiger charge is 2.11. The molecule has 0 atom stereocenters. The van der Waals surface area contributed by atoms with Crippen molar-refractivity contribution in [2.45, 2.75) is 0 Å². The smallest absolute Gasteiger partial charge is 0.132 e. The van der Waals surface area contributed by atoms with Crippen LogP contribution in [0.5, 0.6) is 0 Å². The molecule has 0 aliphatic rings. The van der Waals surface area contributed by atoms with E-state index in [1.807, 2.05) is 22.8 Å². The molecule has 100 valence electrons. The minimum Gasteiger partial charge on any atom is -0.383 e. The van der Waals surface area contributed by atoms with Gasteiger partial charge in [-0.05, 0) is 30.3 Å². The first-order chi connectivity index (χ1) is 9.66. The van der Waals surface area contributed by atoms with Crippen molar-refractivity contribution in [3.63, 3.8) is 0 Å². The predicted octanol–water partition coefficient (Wildman–Crippen LogP) is 3.82. The maximum atomic E-state index is 6.06. The molecule has 3 aromatic rings. The summed E-state index contributed by atoms with van der Waals surface area (Å²) >= 11 is 12.0. The average Bonchev–Trinajstić information content (AvgIpc) is 2.91. The van der Waals surface area contributed by atoms with E-state index in [9.17, 15) is 0 Å². The Kier molecular flexibility index (Phi) is 3.34. The summed E-state index contributed by atoms with van der Waals surface area (Å²) in [6, 6.07) is 9.12. The number of hydrogen-bond donors (Lipinski definition) is 1. The van der Waals surface area contributed by atoms with Crippen molar-refractivity contribution >= 4 is 29.0 Å². The molecule has 4 nitrogen and oxygen atoms in total. The lowest BCUT2D eigenvalue weighted by Crippen LogP contribution is -1.99. The highest BCUT2D eigenvalue weighted by atomic mass is 35.5.